The Balaban J connectivity index is 2.37. The van der Waals surface area contributed by atoms with E-state index in [-0.39, 0.29) is 11.4 Å². The Labute approximate surface area is 105 Å². The molecule has 100 valence electrons. The molecule has 0 aromatic heterocycles. The molecule has 0 radical (unpaired) electrons. The van der Waals surface area contributed by atoms with Crippen molar-refractivity contribution in [1.29, 1.82) is 0 Å². The van der Waals surface area contributed by atoms with E-state index >= 15 is 0 Å². The van der Waals surface area contributed by atoms with Crippen LogP contribution in [0.2, 0.25) is 0 Å². The zero-order valence-electron chi connectivity index (χ0n) is 11.6. The van der Waals surface area contributed by atoms with Crippen molar-refractivity contribution in [3.8, 4) is 0 Å². The maximum Gasteiger partial charge on any atom is 0.234 e. The maximum atomic E-state index is 11.9. The number of carbonyl (C=O) groups excluding carboxylic acids is 1. The third-order valence-corrected chi connectivity index (χ3v) is 3.78. The standard InChI is InChI=1S/C13H27N3O/c1-5-13(3,4)15-12(17)9-16-7-6-11(14)10(2)8-16/h10-11H,5-9,14H2,1-4H3,(H,15,17). The summed E-state index contributed by atoms with van der Waals surface area (Å²) >= 11 is 0. The van der Waals surface area contributed by atoms with E-state index in [4.69, 9.17) is 5.73 Å². The highest BCUT2D eigenvalue weighted by Gasteiger charge is 2.25. The van der Waals surface area contributed by atoms with Gasteiger partial charge >= 0.3 is 0 Å². The van der Waals surface area contributed by atoms with Gasteiger partial charge in [-0.3, -0.25) is 9.69 Å². The molecule has 2 unspecified atom stereocenters. The molecule has 1 heterocycles. The monoisotopic (exact) mass is 241 g/mol. The second kappa shape index (κ2) is 5.83. The number of nitrogens with one attached hydrogen (secondary N) is 1. The Bertz CT molecular complexity index is 265. The van der Waals surface area contributed by atoms with Crippen LogP contribution in [0.4, 0.5) is 0 Å². The van der Waals surface area contributed by atoms with Crippen LogP contribution >= 0.6 is 0 Å². The molecular weight excluding hydrogens is 214 g/mol. The Morgan fingerprint density at radius 2 is 2.18 bits per heavy atom. The fourth-order valence-electron chi connectivity index (χ4n) is 2.10. The van der Waals surface area contributed by atoms with Crippen LogP contribution in [-0.4, -0.2) is 42.0 Å². The van der Waals surface area contributed by atoms with E-state index < -0.39 is 0 Å². The summed E-state index contributed by atoms with van der Waals surface area (Å²) in [5, 5.41) is 3.07. The molecule has 2 atom stereocenters. The van der Waals surface area contributed by atoms with Crippen LogP contribution in [0.25, 0.3) is 0 Å². The van der Waals surface area contributed by atoms with Crippen LogP contribution < -0.4 is 11.1 Å². The zero-order chi connectivity index (χ0) is 13.1. The quantitative estimate of drug-likeness (QED) is 0.771. The van der Waals surface area contributed by atoms with E-state index in [2.05, 4.69) is 37.9 Å². The Kier molecular flexibility index (Phi) is 4.95. The fourth-order valence-corrected chi connectivity index (χ4v) is 2.10. The molecule has 1 fully saturated rings. The van der Waals surface area contributed by atoms with E-state index in [0.29, 0.717) is 18.5 Å². The summed E-state index contributed by atoms with van der Waals surface area (Å²) in [7, 11) is 0. The van der Waals surface area contributed by atoms with Gasteiger partial charge in [0, 0.05) is 24.7 Å². The molecule has 1 saturated heterocycles. The van der Waals surface area contributed by atoms with Crippen LogP contribution in [0.5, 0.6) is 0 Å². The molecule has 0 spiro atoms. The van der Waals surface area contributed by atoms with Crippen molar-refractivity contribution in [2.45, 2.75) is 52.1 Å². The summed E-state index contributed by atoms with van der Waals surface area (Å²) < 4.78 is 0. The molecule has 0 saturated carbocycles. The van der Waals surface area contributed by atoms with Crippen LogP contribution in [-0.2, 0) is 4.79 Å². The van der Waals surface area contributed by atoms with E-state index in [1.165, 1.54) is 0 Å². The van der Waals surface area contributed by atoms with Crippen molar-refractivity contribution in [2.75, 3.05) is 19.6 Å². The average Bonchev–Trinajstić information content (AvgIpc) is 2.23. The van der Waals surface area contributed by atoms with Gasteiger partial charge in [0.1, 0.15) is 0 Å². The van der Waals surface area contributed by atoms with Gasteiger partial charge in [0.2, 0.25) is 5.91 Å². The number of hydrogen-bond donors (Lipinski definition) is 2. The number of nitrogens with zero attached hydrogens (tertiary/aromatic N) is 1. The molecule has 0 aromatic carbocycles. The Hall–Kier alpha value is -0.610. The number of carbonyl (C=O) groups is 1. The minimum absolute atomic E-state index is 0.102. The van der Waals surface area contributed by atoms with E-state index in [0.717, 1.165) is 25.9 Å². The highest BCUT2D eigenvalue weighted by atomic mass is 16.2. The van der Waals surface area contributed by atoms with Gasteiger partial charge in [-0.1, -0.05) is 13.8 Å². The minimum atomic E-state index is -0.102. The van der Waals surface area contributed by atoms with E-state index in [9.17, 15) is 4.79 Å². The molecule has 4 nitrogen and oxygen atoms in total. The first-order chi connectivity index (χ1) is 7.84. The van der Waals surface area contributed by atoms with Crippen LogP contribution in [0, 0.1) is 5.92 Å². The smallest absolute Gasteiger partial charge is 0.234 e. The van der Waals surface area contributed by atoms with Crippen molar-refractivity contribution in [2.24, 2.45) is 11.7 Å². The summed E-state index contributed by atoms with van der Waals surface area (Å²) in [6, 6.07) is 0.293. The third kappa shape index (κ3) is 4.64. The number of hydrogen-bond acceptors (Lipinski definition) is 3. The Morgan fingerprint density at radius 3 is 2.71 bits per heavy atom. The normalized spacial score (nSPS) is 26.9. The number of nitrogens with two attached hydrogens (primary N) is 1. The lowest BCUT2D eigenvalue weighted by Gasteiger charge is -2.35. The van der Waals surface area contributed by atoms with Crippen LogP contribution in [0.15, 0.2) is 0 Å². The van der Waals surface area contributed by atoms with E-state index in [1.54, 1.807) is 0 Å². The predicted octanol–water partition coefficient (Wildman–Crippen LogP) is 0.960. The number of rotatable bonds is 4. The van der Waals surface area contributed by atoms with Gasteiger partial charge in [-0.15, -0.1) is 0 Å². The summed E-state index contributed by atoms with van der Waals surface area (Å²) in [5.41, 5.74) is 5.87. The first kappa shape index (κ1) is 14.5. The molecule has 1 amide bonds. The summed E-state index contributed by atoms with van der Waals surface area (Å²) in [6.45, 7) is 10.7. The SMILES string of the molecule is CCC(C)(C)NC(=O)CN1CCC(N)C(C)C1. The molecule has 17 heavy (non-hydrogen) atoms. The molecule has 3 N–H and O–H groups in total. The van der Waals surface area contributed by atoms with Gasteiger partial charge in [-0.25, -0.2) is 0 Å². The molecule has 0 aromatic rings. The Morgan fingerprint density at radius 1 is 1.53 bits per heavy atom. The summed E-state index contributed by atoms with van der Waals surface area (Å²) in [4.78, 5) is 14.1. The predicted molar refractivity (Wildman–Crippen MR) is 70.7 cm³/mol. The summed E-state index contributed by atoms with van der Waals surface area (Å²) in [6.07, 6.45) is 1.94. The maximum absolute atomic E-state index is 11.9. The largest absolute Gasteiger partial charge is 0.350 e. The number of amides is 1. The topological polar surface area (TPSA) is 58.4 Å². The second-order valence-electron chi connectivity index (χ2n) is 5.95. The lowest BCUT2D eigenvalue weighted by Crippen LogP contribution is -2.51. The van der Waals surface area contributed by atoms with Gasteiger partial charge in [-0.2, -0.15) is 0 Å². The van der Waals surface area contributed by atoms with Crippen molar-refractivity contribution in [3.63, 3.8) is 0 Å². The zero-order valence-corrected chi connectivity index (χ0v) is 11.6. The number of likely N-dealkylation sites (tertiary alicyclic amines) is 1. The highest BCUT2D eigenvalue weighted by Crippen LogP contribution is 2.14. The first-order valence-corrected chi connectivity index (χ1v) is 6.63. The van der Waals surface area contributed by atoms with Gasteiger partial charge < -0.3 is 11.1 Å². The fraction of sp³-hybridized carbons (Fsp3) is 0.923. The number of piperidine rings is 1. The molecule has 4 heteroatoms. The van der Waals surface area contributed by atoms with Crippen molar-refractivity contribution < 1.29 is 4.79 Å². The molecule has 1 aliphatic rings. The van der Waals surface area contributed by atoms with Crippen LogP contribution in [0.3, 0.4) is 0 Å². The van der Waals surface area contributed by atoms with E-state index in [1.807, 2.05) is 0 Å². The summed E-state index contributed by atoms with van der Waals surface area (Å²) in [5.74, 6) is 0.607. The van der Waals surface area contributed by atoms with Gasteiger partial charge in [0.25, 0.3) is 0 Å². The highest BCUT2D eigenvalue weighted by molar-refractivity contribution is 5.78. The first-order valence-electron chi connectivity index (χ1n) is 6.63. The molecule has 0 bridgehead atoms. The molecular formula is C13H27N3O. The lowest BCUT2D eigenvalue weighted by molar-refractivity contribution is -0.124. The molecule has 0 aliphatic carbocycles. The van der Waals surface area contributed by atoms with Gasteiger partial charge in [0.05, 0.1) is 6.54 Å². The molecule has 1 rings (SSSR count). The van der Waals surface area contributed by atoms with Gasteiger partial charge in [0.15, 0.2) is 0 Å². The van der Waals surface area contributed by atoms with Crippen molar-refractivity contribution in [3.05, 3.63) is 0 Å². The third-order valence-electron chi connectivity index (χ3n) is 3.78. The lowest BCUT2D eigenvalue weighted by atomic mass is 9.95. The van der Waals surface area contributed by atoms with Crippen molar-refractivity contribution in [1.82, 2.24) is 10.2 Å². The second-order valence-corrected chi connectivity index (χ2v) is 5.95. The van der Waals surface area contributed by atoms with Crippen LogP contribution in [0.1, 0.15) is 40.5 Å². The molecule has 1 aliphatic heterocycles. The van der Waals surface area contributed by atoms with Gasteiger partial charge in [-0.05, 0) is 32.6 Å². The van der Waals surface area contributed by atoms with Crippen molar-refractivity contribution >= 4 is 5.91 Å². The minimum Gasteiger partial charge on any atom is -0.350 e. The average molecular weight is 241 g/mol.